The van der Waals surface area contributed by atoms with E-state index in [9.17, 15) is 0 Å². The highest BCUT2D eigenvalue weighted by Crippen LogP contribution is 2.18. The van der Waals surface area contributed by atoms with E-state index in [4.69, 9.17) is 0 Å². The van der Waals surface area contributed by atoms with Crippen LogP contribution in [-0.4, -0.2) is 6.54 Å². The van der Waals surface area contributed by atoms with Crippen molar-refractivity contribution in [1.82, 2.24) is 5.32 Å². The number of rotatable bonds is 5. The smallest absolute Gasteiger partial charge is 0.0222 e. The first kappa shape index (κ1) is 14.3. The third kappa shape index (κ3) is 4.48. The lowest BCUT2D eigenvalue weighted by atomic mass is 10.1. The summed E-state index contributed by atoms with van der Waals surface area (Å²) in [6.07, 6.45) is 1.07. The van der Waals surface area contributed by atoms with Crippen LogP contribution in [0.15, 0.2) is 46.9 Å². The van der Waals surface area contributed by atoms with Gasteiger partial charge in [-0.1, -0.05) is 57.9 Å². The standard InChI is InChI=1S/C17H20BrN/c1-13-4-3-5-15(10-13)8-9-19-12-16-7-6-14(2)11-17(16)18/h3-7,10-11,19H,8-9,12H2,1-2H3. The van der Waals surface area contributed by atoms with Crippen LogP contribution in [0.25, 0.3) is 0 Å². The Morgan fingerprint density at radius 3 is 2.53 bits per heavy atom. The van der Waals surface area contributed by atoms with Crippen molar-refractivity contribution in [3.05, 3.63) is 69.2 Å². The first-order valence-electron chi connectivity index (χ1n) is 6.66. The highest BCUT2D eigenvalue weighted by molar-refractivity contribution is 9.10. The fourth-order valence-corrected chi connectivity index (χ4v) is 2.75. The Labute approximate surface area is 124 Å². The molecule has 2 aromatic carbocycles. The lowest BCUT2D eigenvalue weighted by Crippen LogP contribution is -2.17. The molecule has 0 aromatic heterocycles. The van der Waals surface area contributed by atoms with Gasteiger partial charge < -0.3 is 5.32 Å². The van der Waals surface area contributed by atoms with E-state index in [0.717, 1.165) is 19.5 Å². The molecule has 1 nitrogen and oxygen atoms in total. The summed E-state index contributed by atoms with van der Waals surface area (Å²) in [6.45, 7) is 6.16. The number of halogens is 1. The van der Waals surface area contributed by atoms with Gasteiger partial charge in [0.05, 0.1) is 0 Å². The fourth-order valence-electron chi connectivity index (χ4n) is 2.12. The van der Waals surface area contributed by atoms with Gasteiger partial charge in [-0.3, -0.25) is 0 Å². The summed E-state index contributed by atoms with van der Waals surface area (Å²) in [5.74, 6) is 0. The van der Waals surface area contributed by atoms with Gasteiger partial charge in [-0.15, -0.1) is 0 Å². The normalized spacial score (nSPS) is 10.7. The van der Waals surface area contributed by atoms with Crippen molar-refractivity contribution in [2.45, 2.75) is 26.8 Å². The van der Waals surface area contributed by atoms with E-state index in [1.807, 2.05) is 0 Å². The SMILES string of the molecule is Cc1cccc(CCNCc2ccc(C)cc2Br)c1. The van der Waals surface area contributed by atoms with Crippen molar-refractivity contribution < 1.29 is 0 Å². The lowest BCUT2D eigenvalue weighted by molar-refractivity contribution is 0.685. The largest absolute Gasteiger partial charge is 0.312 e. The third-order valence-corrected chi connectivity index (χ3v) is 3.94. The maximum atomic E-state index is 3.61. The molecule has 0 aliphatic rings. The van der Waals surface area contributed by atoms with E-state index >= 15 is 0 Å². The van der Waals surface area contributed by atoms with Crippen molar-refractivity contribution in [3.8, 4) is 0 Å². The Balaban J connectivity index is 1.81. The first-order chi connectivity index (χ1) is 9.15. The molecule has 0 saturated heterocycles. The Morgan fingerprint density at radius 2 is 1.79 bits per heavy atom. The van der Waals surface area contributed by atoms with Gasteiger partial charge in [0.2, 0.25) is 0 Å². The monoisotopic (exact) mass is 317 g/mol. The summed E-state index contributed by atoms with van der Waals surface area (Å²) >= 11 is 3.61. The first-order valence-corrected chi connectivity index (χ1v) is 7.46. The van der Waals surface area contributed by atoms with Gasteiger partial charge >= 0.3 is 0 Å². The molecular weight excluding hydrogens is 298 g/mol. The van der Waals surface area contributed by atoms with Gasteiger partial charge in [0, 0.05) is 11.0 Å². The van der Waals surface area contributed by atoms with Crippen LogP contribution in [0.1, 0.15) is 22.3 Å². The average Bonchev–Trinajstić information content (AvgIpc) is 2.37. The summed E-state index contributed by atoms with van der Waals surface area (Å²) in [5.41, 5.74) is 5.33. The molecule has 1 N–H and O–H groups in total. The molecule has 0 heterocycles. The van der Waals surface area contributed by atoms with Crippen LogP contribution >= 0.6 is 15.9 Å². The molecule has 0 fully saturated rings. The number of benzene rings is 2. The second-order valence-corrected chi connectivity index (χ2v) is 5.87. The fraction of sp³-hybridized carbons (Fsp3) is 0.294. The molecule has 2 heteroatoms. The molecule has 100 valence electrons. The van der Waals surface area contributed by atoms with E-state index in [2.05, 4.69) is 77.6 Å². The predicted molar refractivity (Wildman–Crippen MR) is 85.5 cm³/mol. The van der Waals surface area contributed by atoms with Gasteiger partial charge in [-0.25, -0.2) is 0 Å². The van der Waals surface area contributed by atoms with Crippen molar-refractivity contribution in [2.24, 2.45) is 0 Å². The molecule has 0 spiro atoms. The van der Waals surface area contributed by atoms with Crippen LogP contribution in [-0.2, 0) is 13.0 Å². The predicted octanol–water partition coefficient (Wildman–Crippen LogP) is 4.40. The Bertz CT molecular complexity index is 549. The second kappa shape index (κ2) is 6.88. The zero-order chi connectivity index (χ0) is 13.7. The Hall–Kier alpha value is -1.12. The van der Waals surface area contributed by atoms with Gasteiger partial charge in [0.1, 0.15) is 0 Å². The molecule has 0 saturated carbocycles. The molecule has 0 bridgehead atoms. The highest BCUT2D eigenvalue weighted by atomic mass is 79.9. The summed E-state index contributed by atoms with van der Waals surface area (Å²) in [5, 5.41) is 3.50. The van der Waals surface area contributed by atoms with Crippen molar-refractivity contribution in [2.75, 3.05) is 6.54 Å². The number of aryl methyl sites for hydroxylation is 2. The van der Waals surface area contributed by atoms with Gasteiger partial charge in [-0.2, -0.15) is 0 Å². The van der Waals surface area contributed by atoms with Gasteiger partial charge in [-0.05, 0) is 49.6 Å². The molecular formula is C17H20BrN. The molecule has 2 rings (SSSR count). The van der Waals surface area contributed by atoms with Crippen LogP contribution in [0, 0.1) is 13.8 Å². The molecule has 0 aliphatic carbocycles. The molecule has 19 heavy (non-hydrogen) atoms. The molecule has 0 atom stereocenters. The van der Waals surface area contributed by atoms with Crippen LogP contribution < -0.4 is 5.32 Å². The van der Waals surface area contributed by atoms with E-state index in [-0.39, 0.29) is 0 Å². The van der Waals surface area contributed by atoms with Crippen molar-refractivity contribution in [3.63, 3.8) is 0 Å². The van der Waals surface area contributed by atoms with E-state index in [1.54, 1.807) is 0 Å². The molecule has 0 amide bonds. The Morgan fingerprint density at radius 1 is 1.00 bits per heavy atom. The van der Waals surface area contributed by atoms with Crippen molar-refractivity contribution >= 4 is 15.9 Å². The van der Waals surface area contributed by atoms with Crippen LogP contribution in [0.2, 0.25) is 0 Å². The minimum Gasteiger partial charge on any atom is -0.312 e. The molecule has 2 aromatic rings. The minimum atomic E-state index is 0.909. The van der Waals surface area contributed by atoms with Gasteiger partial charge in [0.25, 0.3) is 0 Å². The topological polar surface area (TPSA) is 12.0 Å². The molecule has 0 unspecified atom stereocenters. The number of nitrogens with one attached hydrogen (secondary N) is 1. The summed E-state index contributed by atoms with van der Waals surface area (Å²) in [6, 6.07) is 15.2. The summed E-state index contributed by atoms with van der Waals surface area (Å²) < 4.78 is 1.19. The zero-order valence-electron chi connectivity index (χ0n) is 11.5. The van der Waals surface area contributed by atoms with Gasteiger partial charge in [0.15, 0.2) is 0 Å². The van der Waals surface area contributed by atoms with E-state index < -0.39 is 0 Å². The zero-order valence-corrected chi connectivity index (χ0v) is 13.1. The highest BCUT2D eigenvalue weighted by Gasteiger charge is 1.99. The maximum absolute atomic E-state index is 3.61. The van der Waals surface area contributed by atoms with E-state index in [1.165, 1.54) is 26.7 Å². The van der Waals surface area contributed by atoms with Crippen LogP contribution in [0.5, 0.6) is 0 Å². The molecule has 0 aliphatic heterocycles. The van der Waals surface area contributed by atoms with E-state index in [0.29, 0.717) is 0 Å². The second-order valence-electron chi connectivity index (χ2n) is 5.01. The number of hydrogen-bond donors (Lipinski definition) is 1. The molecule has 0 radical (unpaired) electrons. The number of hydrogen-bond acceptors (Lipinski definition) is 1. The van der Waals surface area contributed by atoms with Crippen LogP contribution in [0.3, 0.4) is 0 Å². The quantitative estimate of drug-likeness (QED) is 0.806. The lowest BCUT2D eigenvalue weighted by Gasteiger charge is -2.08. The average molecular weight is 318 g/mol. The summed E-state index contributed by atoms with van der Waals surface area (Å²) in [7, 11) is 0. The third-order valence-electron chi connectivity index (χ3n) is 3.20. The minimum absolute atomic E-state index is 0.909. The summed E-state index contributed by atoms with van der Waals surface area (Å²) in [4.78, 5) is 0. The maximum Gasteiger partial charge on any atom is 0.0222 e. The Kier molecular flexibility index (Phi) is 5.17. The van der Waals surface area contributed by atoms with Crippen molar-refractivity contribution in [1.29, 1.82) is 0 Å². The van der Waals surface area contributed by atoms with Crippen LogP contribution in [0.4, 0.5) is 0 Å².